The fourth-order valence-electron chi connectivity index (χ4n) is 1.97. The molecule has 116 valence electrons. The van der Waals surface area contributed by atoms with Crippen molar-refractivity contribution in [2.24, 2.45) is 0 Å². The minimum atomic E-state index is -0.835. The van der Waals surface area contributed by atoms with E-state index >= 15 is 0 Å². The lowest BCUT2D eigenvalue weighted by molar-refractivity contribution is -0.129. The molecule has 1 atom stereocenters. The van der Waals surface area contributed by atoms with Gasteiger partial charge in [0, 0.05) is 12.2 Å². The molecule has 0 aromatic heterocycles. The number of unbranched alkanes of at least 4 members (excludes halogenated alkanes) is 2. The van der Waals surface area contributed by atoms with Gasteiger partial charge in [-0.3, -0.25) is 4.79 Å². The average Bonchev–Trinajstić information content (AvgIpc) is 2.43. The van der Waals surface area contributed by atoms with Crippen LogP contribution in [0.25, 0.3) is 0 Å². The molecule has 1 aromatic carbocycles. The molecule has 1 rings (SSSR count). The van der Waals surface area contributed by atoms with Crippen LogP contribution < -0.4 is 11.1 Å². The SMILES string of the molecule is CCCCCNC(=O)C(C)OC(=O)c1c(C)cccc1N. The van der Waals surface area contributed by atoms with Crippen molar-refractivity contribution >= 4 is 17.6 Å². The maximum atomic E-state index is 12.1. The van der Waals surface area contributed by atoms with Gasteiger partial charge in [0.25, 0.3) is 5.91 Å². The highest BCUT2D eigenvalue weighted by molar-refractivity contribution is 5.98. The third-order valence-electron chi connectivity index (χ3n) is 3.24. The lowest BCUT2D eigenvalue weighted by atomic mass is 10.1. The normalized spacial score (nSPS) is 11.8. The van der Waals surface area contributed by atoms with Crippen molar-refractivity contribution in [3.8, 4) is 0 Å². The second-order valence-electron chi connectivity index (χ2n) is 5.08. The van der Waals surface area contributed by atoms with E-state index in [1.165, 1.54) is 0 Å². The number of nitrogens with one attached hydrogen (secondary N) is 1. The van der Waals surface area contributed by atoms with Crippen LogP contribution in [0.4, 0.5) is 5.69 Å². The lowest BCUT2D eigenvalue weighted by Crippen LogP contribution is -2.36. The molecule has 0 aliphatic heterocycles. The molecule has 0 aliphatic carbocycles. The number of hydrogen-bond acceptors (Lipinski definition) is 4. The average molecular weight is 292 g/mol. The Morgan fingerprint density at radius 3 is 2.67 bits per heavy atom. The van der Waals surface area contributed by atoms with Gasteiger partial charge in [-0.1, -0.05) is 31.9 Å². The Hall–Kier alpha value is -2.04. The Bertz CT molecular complexity index is 480. The maximum absolute atomic E-state index is 12.1. The summed E-state index contributed by atoms with van der Waals surface area (Å²) in [5.41, 5.74) is 7.20. The number of nitrogen functional groups attached to an aromatic ring is 1. The predicted molar refractivity (Wildman–Crippen MR) is 83.0 cm³/mol. The summed E-state index contributed by atoms with van der Waals surface area (Å²) < 4.78 is 5.19. The highest BCUT2D eigenvalue weighted by atomic mass is 16.5. The van der Waals surface area contributed by atoms with Gasteiger partial charge in [-0.25, -0.2) is 4.79 Å². The van der Waals surface area contributed by atoms with Crippen LogP contribution in [-0.4, -0.2) is 24.5 Å². The van der Waals surface area contributed by atoms with Gasteiger partial charge < -0.3 is 15.8 Å². The van der Waals surface area contributed by atoms with Gasteiger partial charge in [0.05, 0.1) is 5.56 Å². The number of esters is 1. The molecule has 0 spiro atoms. The van der Waals surface area contributed by atoms with E-state index in [9.17, 15) is 9.59 Å². The molecule has 0 radical (unpaired) electrons. The Labute approximate surface area is 125 Å². The van der Waals surface area contributed by atoms with E-state index in [1.54, 1.807) is 32.0 Å². The molecule has 0 fully saturated rings. The van der Waals surface area contributed by atoms with E-state index in [4.69, 9.17) is 10.5 Å². The number of rotatable bonds is 7. The monoisotopic (exact) mass is 292 g/mol. The lowest BCUT2D eigenvalue weighted by Gasteiger charge is -2.15. The molecule has 5 nitrogen and oxygen atoms in total. The summed E-state index contributed by atoms with van der Waals surface area (Å²) in [6, 6.07) is 5.19. The second-order valence-corrected chi connectivity index (χ2v) is 5.08. The molecular formula is C16H24N2O3. The number of nitrogens with two attached hydrogens (primary N) is 1. The van der Waals surface area contributed by atoms with Crippen LogP contribution >= 0.6 is 0 Å². The van der Waals surface area contributed by atoms with E-state index in [0.29, 0.717) is 17.8 Å². The maximum Gasteiger partial charge on any atom is 0.341 e. The predicted octanol–water partition coefficient (Wildman–Crippen LogP) is 2.43. The van der Waals surface area contributed by atoms with Crippen molar-refractivity contribution in [1.29, 1.82) is 0 Å². The van der Waals surface area contributed by atoms with Gasteiger partial charge in [0.15, 0.2) is 6.10 Å². The summed E-state index contributed by atoms with van der Waals surface area (Å²) in [5.74, 6) is -0.853. The summed E-state index contributed by atoms with van der Waals surface area (Å²) in [6.07, 6.45) is 2.24. The number of benzene rings is 1. The summed E-state index contributed by atoms with van der Waals surface area (Å²) in [6.45, 7) is 6.03. The quantitative estimate of drug-likeness (QED) is 0.459. The van der Waals surface area contributed by atoms with Gasteiger partial charge in [-0.2, -0.15) is 0 Å². The number of hydrogen-bond donors (Lipinski definition) is 2. The standard InChI is InChI=1S/C16H24N2O3/c1-4-5-6-10-18-15(19)12(3)21-16(20)14-11(2)8-7-9-13(14)17/h7-9,12H,4-6,10,17H2,1-3H3,(H,18,19). The third-order valence-corrected chi connectivity index (χ3v) is 3.24. The largest absolute Gasteiger partial charge is 0.449 e. The first kappa shape index (κ1) is 17.0. The van der Waals surface area contributed by atoms with Crippen molar-refractivity contribution in [3.05, 3.63) is 29.3 Å². The Morgan fingerprint density at radius 1 is 1.33 bits per heavy atom. The van der Waals surface area contributed by atoms with E-state index in [1.807, 2.05) is 0 Å². The van der Waals surface area contributed by atoms with Crippen LogP contribution in [0, 0.1) is 6.92 Å². The zero-order valence-electron chi connectivity index (χ0n) is 12.9. The second kappa shape index (κ2) is 8.29. The first-order chi connectivity index (χ1) is 9.97. The molecule has 0 saturated heterocycles. The molecule has 3 N–H and O–H groups in total. The number of anilines is 1. The number of aryl methyl sites for hydroxylation is 1. The summed E-state index contributed by atoms with van der Waals surface area (Å²) in [7, 11) is 0. The highest BCUT2D eigenvalue weighted by Crippen LogP contribution is 2.18. The fourth-order valence-corrected chi connectivity index (χ4v) is 1.97. The van der Waals surface area contributed by atoms with Gasteiger partial charge >= 0.3 is 5.97 Å². The minimum absolute atomic E-state index is 0.286. The van der Waals surface area contributed by atoms with E-state index in [0.717, 1.165) is 24.8 Å². The Kier molecular flexibility index (Phi) is 6.72. The van der Waals surface area contributed by atoms with Crippen molar-refractivity contribution in [1.82, 2.24) is 5.32 Å². The van der Waals surface area contributed by atoms with Crippen molar-refractivity contribution in [2.75, 3.05) is 12.3 Å². The van der Waals surface area contributed by atoms with Crippen LogP contribution in [0.15, 0.2) is 18.2 Å². The van der Waals surface area contributed by atoms with Crippen LogP contribution in [0.2, 0.25) is 0 Å². The number of ether oxygens (including phenoxy) is 1. The van der Waals surface area contributed by atoms with Gasteiger partial charge in [-0.15, -0.1) is 0 Å². The smallest absolute Gasteiger partial charge is 0.341 e. The van der Waals surface area contributed by atoms with Gasteiger partial charge in [-0.05, 0) is 31.9 Å². The molecule has 0 aliphatic rings. The summed E-state index contributed by atoms with van der Waals surface area (Å²) in [4.78, 5) is 23.9. The van der Waals surface area contributed by atoms with E-state index in [2.05, 4.69) is 12.2 Å². The number of amides is 1. The summed E-state index contributed by atoms with van der Waals surface area (Å²) >= 11 is 0. The first-order valence-corrected chi connectivity index (χ1v) is 7.31. The number of carbonyl (C=O) groups is 2. The minimum Gasteiger partial charge on any atom is -0.449 e. The number of carbonyl (C=O) groups excluding carboxylic acids is 2. The van der Waals surface area contributed by atoms with Crippen LogP contribution in [0.1, 0.15) is 49.0 Å². The molecule has 0 heterocycles. The van der Waals surface area contributed by atoms with Crippen LogP contribution in [-0.2, 0) is 9.53 Å². The Morgan fingerprint density at radius 2 is 2.05 bits per heavy atom. The fraction of sp³-hybridized carbons (Fsp3) is 0.500. The van der Waals surface area contributed by atoms with Crippen LogP contribution in [0.3, 0.4) is 0 Å². The zero-order valence-corrected chi connectivity index (χ0v) is 12.9. The molecule has 5 heteroatoms. The summed E-state index contributed by atoms with van der Waals surface area (Å²) in [5, 5.41) is 2.76. The molecule has 1 aromatic rings. The molecule has 0 saturated carbocycles. The van der Waals surface area contributed by atoms with Crippen molar-refractivity contribution in [3.63, 3.8) is 0 Å². The molecule has 1 unspecified atom stereocenters. The Balaban J connectivity index is 2.56. The van der Waals surface area contributed by atoms with Crippen molar-refractivity contribution in [2.45, 2.75) is 46.1 Å². The van der Waals surface area contributed by atoms with E-state index in [-0.39, 0.29) is 5.91 Å². The molecular weight excluding hydrogens is 268 g/mol. The third kappa shape index (κ3) is 5.10. The van der Waals surface area contributed by atoms with Gasteiger partial charge in [0.2, 0.25) is 0 Å². The van der Waals surface area contributed by atoms with Gasteiger partial charge in [0.1, 0.15) is 0 Å². The molecule has 21 heavy (non-hydrogen) atoms. The topological polar surface area (TPSA) is 81.4 Å². The first-order valence-electron chi connectivity index (χ1n) is 7.31. The highest BCUT2D eigenvalue weighted by Gasteiger charge is 2.21. The molecule has 0 bridgehead atoms. The van der Waals surface area contributed by atoms with E-state index < -0.39 is 12.1 Å². The van der Waals surface area contributed by atoms with Crippen LogP contribution in [0.5, 0.6) is 0 Å². The molecule has 1 amide bonds. The zero-order chi connectivity index (χ0) is 15.8. The van der Waals surface area contributed by atoms with Crippen molar-refractivity contribution < 1.29 is 14.3 Å².